The van der Waals surface area contributed by atoms with Crippen molar-refractivity contribution in [3.63, 3.8) is 0 Å². The van der Waals surface area contributed by atoms with Gasteiger partial charge in [0.15, 0.2) is 0 Å². The Labute approximate surface area is 101 Å². The highest BCUT2D eigenvalue weighted by Crippen LogP contribution is 1.97. The lowest BCUT2D eigenvalue weighted by atomic mass is 10.4. The van der Waals surface area contributed by atoms with Gasteiger partial charge >= 0.3 is 0 Å². The van der Waals surface area contributed by atoms with Gasteiger partial charge in [0, 0.05) is 18.0 Å². The second-order valence-corrected chi connectivity index (χ2v) is 3.44. The summed E-state index contributed by atoms with van der Waals surface area (Å²) >= 11 is 0. The first-order valence-corrected chi connectivity index (χ1v) is 5.04. The van der Waals surface area contributed by atoms with Crippen LogP contribution in [0.1, 0.15) is 0 Å². The number of carbonyl (C=O) groups excluding carboxylic acids is 1. The largest absolute Gasteiger partial charge is 0.398 e. The molecule has 2 heterocycles. The average Bonchev–Trinajstić information content (AvgIpc) is 2.35. The molecular formula is C10H10N6O2. The molecule has 0 aromatic carbocycles. The lowest BCUT2D eigenvalue weighted by Gasteiger charge is -2.06. The zero-order chi connectivity index (χ0) is 13.0. The predicted octanol–water partition coefficient (Wildman–Crippen LogP) is -0.746. The van der Waals surface area contributed by atoms with Crippen LogP contribution in [0.3, 0.4) is 0 Å². The maximum atomic E-state index is 11.6. The monoisotopic (exact) mass is 246 g/mol. The summed E-state index contributed by atoms with van der Waals surface area (Å²) in [6, 6.07) is 2.77. The van der Waals surface area contributed by atoms with Gasteiger partial charge in [-0.25, -0.2) is 4.98 Å². The molecule has 1 amide bonds. The van der Waals surface area contributed by atoms with E-state index in [4.69, 9.17) is 5.73 Å². The third-order valence-corrected chi connectivity index (χ3v) is 2.05. The fraction of sp³-hybridized carbons (Fsp3) is 0.100. The van der Waals surface area contributed by atoms with Crippen LogP contribution in [0.25, 0.3) is 0 Å². The number of aromatic nitrogens is 4. The van der Waals surface area contributed by atoms with Crippen molar-refractivity contribution >= 4 is 17.5 Å². The van der Waals surface area contributed by atoms with Gasteiger partial charge in [-0.2, -0.15) is 5.10 Å². The van der Waals surface area contributed by atoms with Crippen molar-refractivity contribution in [2.45, 2.75) is 6.54 Å². The van der Waals surface area contributed by atoms with E-state index >= 15 is 0 Å². The number of hydrogen-bond acceptors (Lipinski definition) is 6. The number of hydrogen-bond donors (Lipinski definition) is 2. The summed E-state index contributed by atoms with van der Waals surface area (Å²) in [6.45, 7) is -0.165. The molecule has 18 heavy (non-hydrogen) atoms. The number of rotatable bonds is 3. The summed E-state index contributed by atoms with van der Waals surface area (Å²) in [6.07, 6.45) is 4.18. The van der Waals surface area contributed by atoms with Crippen LogP contribution >= 0.6 is 0 Å². The molecule has 8 heteroatoms. The van der Waals surface area contributed by atoms with Crippen molar-refractivity contribution in [2.24, 2.45) is 0 Å². The topological polar surface area (TPSA) is 116 Å². The zero-order valence-corrected chi connectivity index (χ0v) is 9.28. The first-order chi connectivity index (χ1) is 8.65. The van der Waals surface area contributed by atoms with Gasteiger partial charge in [0.05, 0.1) is 12.4 Å². The van der Waals surface area contributed by atoms with Crippen LogP contribution in [0.4, 0.5) is 11.6 Å². The van der Waals surface area contributed by atoms with E-state index < -0.39 is 5.91 Å². The van der Waals surface area contributed by atoms with Crippen molar-refractivity contribution in [1.29, 1.82) is 0 Å². The third-order valence-electron chi connectivity index (χ3n) is 2.05. The van der Waals surface area contributed by atoms with Crippen LogP contribution in [0, 0.1) is 0 Å². The molecule has 0 fully saturated rings. The summed E-state index contributed by atoms with van der Waals surface area (Å²) in [5.74, 6) is -0.352. The Bertz CT molecular complexity index is 609. The van der Waals surface area contributed by atoms with E-state index in [2.05, 4.69) is 20.5 Å². The highest BCUT2D eigenvalue weighted by Gasteiger charge is 2.06. The molecule has 92 valence electrons. The van der Waals surface area contributed by atoms with Crippen molar-refractivity contribution in [2.75, 3.05) is 11.1 Å². The summed E-state index contributed by atoms with van der Waals surface area (Å²) in [4.78, 5) is 26.9. The van der Waals surface area contributed by atoms with Gasteiger partial charge in [0.2, 0.25) is 11.9 Å². The molecule has 0 aliphatic carbocycles. The van der Waals surface area contributed by atoms with Gasteiger partial charge in [0.25, 0.3) is 5.56 Å². The van der Waals surface area contributed by atoms with Crippen molar-refractivity contribution in [3.05, 3.63) is 41.1 Å². The lowest BCUT2D eigenvalue weighted by molar-refractivity contribution is -0.116. The number of nitrogens with zero attached hydrogens (tertiary/aromatic N) is 4. The van der Waals surface area contributed by atoms with Crippen LogP contribution in [0.2, 0.25) is 0 Å². The maximum Gasteiger partial charge on any atom is 0.251 e. The lowest BCUT2D eigenvalue weighted by Crippen LogP contribution is -2.27. The molecule has 0 unspecified atom stereocenters. The number of nitrogens with two attached hydrogens (primary N) is 1. The molecule has 2 aromatic heterocycles. The smallest absolute Gasteiger partial charge is 0.251 e. The molecule has 0 aliphatic rings. The van der Waals surface area contributed by atoms with E-state index in [9.17, 15) is 9.59 Å². The van der Waals surface area contributed by atoms with E-state index in [-0.39, 0.29) is 18.1 Å². The van der Waals surface area contributed by atoms with E-state index in [0.29, 0.717) is 5.69 Å². The summed E-state index contributed by atoms with van der Waals surface area (Å²) < 4.78 is 1.20. The second-order valence-electron chi connectivity index (χ2n) is 3.44. The van der Waals surface area contributed by atoms with E-state index in [0.717, 1.165) is 0 Å². The molecule has 0 bridgehead atoms. The Morgan fingerprint density at radius 2 is 2.22 bits per heavy atom. The standard InChI is InChI=1S/C10H10N6O2/c11-7-1-2-9(18)16(5-7)6-8(17)14-10-12-3-4-13-15-10/h1-5H,6,11H2,(H,12,14,15,17). The Hall–Kier alpha value is -2.77. The number of nitrogens with one attached hydrogen (secondary N) is 1. The Balaban J connectivity index is 2.08. The van der Waals surface area contributed by atoms with E-state index in [1.165, 1.54) is 35.3 Å². The number of nitrogen functional groups attached to an aromatic ring is 1. The third kappa shape index (κ3) is 2.88. The van der Waals surface area contributed by atoms with Gasteiger partial charge in [-0.05, 0) is 6.07 Å². The summed E-state index contributed by atoms with van der Waals surface area (Å²) in [5.41, 5.74) is 5.62. The van der Waals surface area contributed by atoms with Gasteiger partial charge in [-0.1, -0.05) is 0 Å². The number of pyridine rings is 1. The Morgan fingerprint density at radius 3 is 2.94 bits per heavy atom. The number of anilines is 2. The molecule has 3 N–H and O–H groups in total. The SMILES string of the molecule is Nc1ccc(=O)n(CC(=O)Nc2nccnn2)c1. The average molecular weight is 246 g/mol. The van der Waals surface area contributed by atoms with Crippen molar-refractivity contribution < 1.29 is 4.79 Å². The van der Waals surface area contributed by atoms with Gasteiger partial charge in [0.1, 0.15) is 6.54 Å². The minimum absolute atomic E-state index is 0.0828. The molecule has 0 spiro atoms. The zero-order valence-electron chi connectivity index (χ0n) is 9.28. The predicted molar refractivity (Wildman–Crippen MR) is 63.6 cm³/mol. The second kappa shape index (κ2) is 5.04. The fourth-order valence-electron chi connectivity index (χ4n) is 1.30. The van der Waals surface area contributed by atoms with Crippen molar-refractivity contribution in [3.8, 4) is 0 Å². The van der Waals surface area contributed by atoms with Gasteiger partial charge in [-0.3, -0.25) is 14.9 Å². The van der Waals surface area contributed by atoms with Crippen LogP contribution in [0.15, 0.2) is 35.5 Å². The molecule has 0 atom stereocenters. The Kier molecular flexibility index (Phi) is 3.28. The van der Waals surface area contributed by atoms with Gasteiger partial charge in [-0.15, -0.1) is 5.10 Å². The summed E-state index contributed by atoms with van der Waals surface area (Å²) in [7, 11) is 0. The van der Waals surface area contributed by atoms with E-state index in [1.54, 1.807) is 0 Å². The molecule has 0 saturated heterocycles. The fourth-order valence-corrected chi connectivity index (χ4v) is 1.30. The molecule has 0 saturated carbocycles. The molecule has 2 rings (SSSR count). The van der Waals surface area contributed by atoms with E-state index in [1.807, 2.05) is 0 Å². The highest BCUT2D eigenvalue weighted by atomic mass is 16.2. The number of amides is 1. The van der Waals surface area contributed by atoms with Crippen molar-refractivity contribution in [1.82, 2.24) is 19.7 Å². The van der Waals surface area contributed by atoms with Gasteiger partial charge < -0.3 is 10.3 Å². The molecule has 8 nitrogen and oxygen atoms in total. The molecule has 0 radical (unpaired) electrons. The highest BCUT2D eigenvalue weighted by molar-refractivity contribution is 5.88. The molecular weight excluding hydrogens is 236 g/mol. The van der Waals surface area contributed by atoms with Crippen LogP contribution in [0.5, 0.6) is 0 Å². The first-order valence-electron chi connectivity index (χ1n) is 5.04. The maximum absolute atomic E-state index is 11.6. The normalized spacial score (nSPS) is 10.0. The number of carbonyl (C=O) groups is 1. The quantitative estimate of drug-likeness (QED) is 0.736. The minimum atomic E-state index is -0.435. The first kappa shape index (κ1) is 11.7. The summed E-state index contributed by atoms with van der Waals surface area (Å²) in [5, 5.41) is 9.57. The molecule has 0 aliphatic heterocycles. The van der Waals surface area contributed by atoms with Crippen LogP contribution < -0.4 is 16.6 Å². The van der Waals surface area contributed by atoms with Crippen LogP contribution in [-0.2, 0) is 11.3 Å². The minimum Gasteiger partial charge on any atom is -0.398 e. The molecule has 2 aromatic rings. The van der Waals surface area contributed by atoms with Crippen LogP contribution in [-0.4, -0.2) is 25.7 Å². The Morgan fingerprint density at radius 1 is 1.39 bits per heavy atom.